The van der Waals surface area contributed by atoms with Crippen LogP contribution in [0.4, 0.5) is 18.9 Å². The van der Waals surface area contributed by atoms with Gasteiger partial charge in [0.1, 0.15) is 0 Å². The number of benzene rings is 2. The van der Waals surface area contributed by atoms with Crippen LogP contribution in [0.3, 0.4) is 0 Å². The number of alkyl halides is 3. The standard InChI is InChI=1S/C18H13F3N2O3S/c1-26-14-8-10(6-7-13(14)24)9-15-16(25)23(17(22)27-15)12-5-3-2-4-11(12)18(19,20)21/h2-9,22,24H,1H3/b15-9-,22-17?. The number of nitrogens with zero attached hydrogens (tertiary/aromatic N) is 1. The van der Waals surface area contributed by atoms with Gasteiger partial charge in [-0.05, 0) is 47.7 Å². The molecule has 0 aromatic heterocycles. The van der Waals surface area contributed by atoms with Crippen LogP contribution < -0.4 is 9.64 Å². The molecule has 3 rings (SSSR count). The predicted molar refractivity (Wildman–Crippen MR) is 96.9 cm³/mol. The van der Waals surface area contributed by atoms with Gasteiger partial charge in [-0.2, -0.15) is 13.2 Å². The Labute approximate surface area is 156 Å². The minimum atomic E-state index is -4.65. The largest absolute Gasteiger partial charge is 0.504 e. The molecule has 1 amide bonds. The molecule has 27 heavy (non-hydrogen) atoms. The van der Waals surface area contributed by atoms with Gasteiger partial charge in [0, 0.05) is 0 Å². The highest BCUT2D eigenvalue weighted by molar-refractivity contribution is 8.19. The van der Waals surface area contributed by atoms with Gasteiger partial charge in [-0.3, -0.25) is 15.1 Å². The molecule has 0 aliphatic carbocycles. The lowest BCUT2D eigenvalue weighted by Gasteiger charge is -2.19. The Morgan fingerprint density at radius 1 is 1.22 bits per heavy atom. The van der Waals surface area contributed by atoms with Gasteiger partial charge in [0.25, 0.3) is 5.91 Å². The van der Waals surface area contributed by atoms with Gasteiger partial charge in [0.15, 0.2) is 16.7 Å². The second-order valence-corrected chi connectivity index (χ2v) is 6.53. The van der Waals surface area contributed by atoms with Crippen molar-refractivity contribution in [2.75, 3.05) is 12.0 Å². The minimum Gasteiger partial charge on any atom is -0.504 e. The number of amides is 1. The van der Waals surface area contributed by atoms with Gasteiger partial charge in [0.2, 0.25) is 0 Å². The second-order valence-electron chi connectivity index (χ2n) is 5.50. The lowest BCUT2D eigenvalue weighted by molar-refractivity contribution is -0.137. The van der Waals surface area contributed by atoms with Crippen LogP contribution in [0.1, 0.15) is 11.1 Å². The van der Waals surface area contributed by atoms with E-state index < -0.39 is 17.6 Å². The third-order valence-corrected chi connectivity index (χ3v) is 4.66. The van der Waals surface area contributed by atoms with Crippen molar-refractivity contribution in [3.8, 4) is 11.5 Å². The lowest BCUT2D eigenvalue weighted by atomic mass is 10.1. The molecule has 2 N–H and O–H groups in total. The lowest BCUT2D eigenvalue weighted by Crippen LogP contribution is -2.30. The van der Waals surface area contributed by atoms with Gasteiger partial charge in [-0.15, -0.1) is 0 Å². The number of ether oxygens (including phenoxy) is 1. The van der Waals surface area contributed by atoms with Crippen LogP contribution in [0.2, 0.25) is 0 Å². The predicted octanol–water partition coefficient (Wildman–Crippen LogP) is 4.48. The molecule has 1 aliphatic rings. The van der Waals surface area contributed by atoms with Crippen molar-refractivity contribution >= 4 is 34.6 Å². The van der Waals surface area contributed by atoms with E-state index in [9.17, 15) is 23.1 Å². The first-order chi connectivity index (χ1) is 12.7. The summed E-state index contributed by atoms with van der Waals surface area (Å²) in [4.78, 5) is 13.5. The summed E-state index contributed by atoms with van der Waals surface area (Å²) in [5.41, 5.74) is -0.880. The van der Waals surface area contributed by atoms with E-state index in [0.717, 1.165) is 28.8 Å². The van der Waals surface area contributed by atoms with Gasteiger partial charge in [-0.25, -0.2) is 0 Å². The number of halogens is 3. The van der Waals surface area contributed by atoms with Crippen molar-refractivity contribution in [1.29, 1.82) is 5.41 Å². The number of rotatable bonds is 3. The topological polar surface area (TPSA) is 73.6 Å². The molecule has 140 valence electrons. The highest BCUT2D eigenvalue weighted by atomic mass is 32.2. The van der Waals surface area contributed by atoms with Gasteiger partial charge < -0.3 is 9.84 Å². The summed E-state index contributed by atoms with van der Waals surface area (Å²) >= 11 is 0.759. The maximum absolute atomic E-state index is 13.3. The maximum Gasteiger partial charge on any atom is 0.418 e. The number of amidine groups is 1. The van der Waals surface area contributed by atoms with Crippen LogP contribution in [0.25, 0.3) is 6.08 Å². The molecule has 0 bridgehead atoms. The van der Waals surface area contributed by atoms with Crippen LogP contribution in [0, 0.1) is 5.41 Å². The molecule has 2 aromatic carbocycles. The molecular weight excluding hydrogens is 381 g/mol. The molecule has 1 aliphatic heterocycles. The van der Waals surface area contributed by atoms with Crippen LogP contribution in [0.15, 0.2) is 47.4 Å². The molecule has 1 saturated heterocycles. The molecule has 9 heteroatoms. The number of phenolic OH excluding ortho intramolecular Hbond substituents is 1. The van der Waals surface area contributed by atoms with Crippen LogP contribution in [-0.4, -0.2) is 23.3 Å². The fourth-order valence-corrected chi connectivity index (χ4v) is 3.40. The van der Waals surface area contributed by atoms with E-state index in [1.807, 2.05) is 0 Å². The first kappa shape index (κ1) is 18.8. The first-order valence-electron chi connectivity index (χ1n) is 7.58. The number of phenols is 1. The van der Waals surface area contributed by atoms with E-state index in [1.165, 1.54) is 43.5 Å². The summed E-state index contributed by atoms with van der Waals surface area (Å²) < 4.78 is 44.8. The van der Waals surface area contributed by atoms with E-state index in [0.29, 0.717) is 5.56 Å². The fourth-order valence-electron chi connectivity index (χ4n) is 2.55. The number of nitrogens with one attached hydrogen (secondary N) is 1. The highest BCUT2D eigenvalue weighted by Gasteiger charge is 2.40. The summed E-state index contributed by atoms with van der Waals surface area (Å²) in [5, 5.41) is 17.3. The Balaban J connectivity index is 2.00. The van der Waals surface area contributed by atoms with E-state index in [1.54, 1.807) is 0 Å². The van der Waals surface area contributed by atoms with Crippen molar-refractivity contribution in [2.45, 2.75) is 6.18 Å². The highest BCUT2D eigenvalue weighted by Crippen LogP contribution is 2.42. The number of hydrogen-bond acceptors (Lipinski definition) is 5. The third-order valence-electron chi connectivity index (χ3n) is 3.78. The van der Waals surface area contributed by atoms with Crippen molar-refractivity contribution in [1.82, 2.24) is 0 Å². The number of aromatic hydroxyl groups is 1. The SMILES string of the molecule is COc1cc(/C=C2\SC(=N)N(c3ccccc3C(F)(F)F)C2=O)ccc1O. The third kappa shape index (κ3) is 3.63. The smallest absolute Gasteiger partial charge is 0.418 e. The minimum absolute atomic E-state index is 0.0847. The molecule has 1 heterocycles. The Hall–Kier alpha value is -2.94. The molecule has 0 radical (unpaired) electrons. The first-order valence-corrected chi connectivity index (χ1v) is 8.40. The van der Waals surface area contributed by atoms with E-state index in [2.05, 4.69) is 0 Å². The number of carbonyl (C=O) groups excluding carboxylic acids is 1. The van der Waals surface area contributed by atoms with Gasteiger partial charge >= 0.3 is 6.18 Å². The molecule has 5 nitrogen and oxygen atoms in total. The Bertz CT molecular complexity index is 957. The van der Waals surface area contributed by atoms with Crippen molar-refractivity contribution in [3.05, 3.63) is 58.5 Å². The number of methoxy groups -OCH3 is 1. The van der Waals surface area contributed by atoms with Crippen LogP contribution >= 0.6 is 11.8 Å². The number of para-hydroxylation sites is 1. The molecule has 0 saturated carbocycles. The number of carbonyl (C=O) groups is 1. The summed E-state index contributed by atoms with van der Waals surface area (Å²) in [5.74, 6) is -0.624. The van der Waals surface area contributed by atoms with Crippen molar-refractivity contribution < 1.29 is 27.8 Å². The zero-order chi connectivity index (χ0) is 19.8. The maximum atomic E-state index is 13.3. The monoisotopic (exact) mass is 394 g/mol. The molecule has 1 fully saturated rings. The van der Waals surface area contributed by atoms with E-state index in [4.69, 9.17) is 10.1 Å². The Kier molecular flexibility index (Phi) is 4.88. The number of hydrogen-bond donors (Lipinski definition) is 2. The Morgan fingerprint density at radius 3 is 2.59 bits per heavy atom. The summed E-state index contributed by atoms with van der Waals surface area (Å²) in [7, 11) is 1.37. The second kappa shape index (κ2) is 6.99. The Morgan fingerprint density at radius 2 is 1.93 bits per heavy atom. The number of thioether (sulfide) groups is 1. The zero-order valence-corrected chi connectivity index (χ0v) is 14.7. The van der Waals surface area contributed by atoms with Gasteiger partial charge in [-0.1, -0.05) is 18.2 Å². The number of anilines is 1. The van der Waals surface area contributed by atoms with E-state index in [-0.39, 0.29) is 27.3 Å². The summed E-state index contributed by atoms with van der Waals surface area (Å²) in [6, 6.07) is 9.00. The normalized spacial score (nSPS) is 16.3. The summed E-state index contributed by atoms with van der Waals surface area (Å²) in [6.07, 6.45) is -3.22. The average Bonchev–Trinajstić information content (AvgIpc) is 2.89. The zero-order valence-electron chi connectivity index (χ0n) is 13.9. The van der Waals surface area contributed by atoms with Crippen molar-refractivity contribution in [3.63, 3.8) is 0 Å². The quantitative estimate of drug-likeness (QED) is 0.753. The van der Waals surface area contributed by atoms with Crippen LogP contribution in [-0.2, 0) is 11.0 Å². The van der Waals surface area contributed by atoms with E-state index >= 15 is 0 Å². The van der Waals surface area contributed by atoms with Crippen LogP contribution in [0.5, 0.6) is 11.5 Å². The fraction of sp³-hybridized carbons (Fsp3) is 0.111. The molecule has 0 atom stereocenters. The molecule has 0 unspecified atom stereocenters. The molecule has 2 aromatic rings. The van der Waals surface area contributed by atoms with Crippen molar-refractivity contribution in [2.24, 2.45) is 0 Å². The summed E-state index contributed by atoms with van der Waals surface area (Å²) in [6.45, 7) is 0. The molecule has 0 spiro atoms. The molecular formula is C18H13F3N2O3S. The average molecular weight is 394 g/mol. The van der Waals surface area contributed by atoms with Gasteiger partial charge in [0.05, 0.1) is 23.3 Å².